The zero-order valence-corrected chi connectivity index (χ0v) is 12.0. The second-order valence-electron chi connectivity index (χ2n) is 4.45. The minimum atomic E-state index is -0.484. The predicted molar refractivity (Wildman–Crippen MR) is 77.9 cm³/mol. The molecule has 0 aliphatic heterocycles. The van der Waals surface area contributed by atoms with Gasteiger partial charge in [0.2, 0.25) is 0 Å². The molecule has 0 saturated carbocycles. The first-order valence-corrected chi connectivity index (χ1v) is 7.25. The van der Waals surface area contributed by atoms with Crippen molar-refractivity contribution < 1.29 is 9.53 Å². The number of hydrogen-bond acceptors (Lipinski definition) is 4. The van der Waals surface area contributed by atoms with Gasteiger partial charge < -0.3 is 10.5 Å². The third-order valence-corrected chi connectivity index (χ3v) is 4.21. The summed E-state index contributed by atoms with van der Waals surface area (Å²) >= 11 is 1.35. The molecule has 102 valence electrons. The number of rotatable bonds is 6. The van der Waals surface area contributed by atoms with Gasteiger partial charge in [0.05, 0.1) is 11.8 Å². The highest BCUT2D eigenvalue weighted by Gasteiger charge is 2.15. The fraction of sp³-hybridized carbons (Fsp3) is 0.429. The summed E-state index contributed by atoms with van der Waals surface area (Å²) in [4.78, 5) is 15.6. The van der Waals surface area contributed by atoms with Crippen LogP contribution in [0.15, 0.2) is 12.1 Å². The van der Waals surface area contributed by atoms with E-state index in [-0.39, 0.29) is 0 Å². The third-order valence-electron chi connectivity index (χ3n) is 3.07. The minimum absolute atomic E-state index is 0.344. The van der Waals surface area contributed by atoms with Crippen LogP contribution in [0.25, 0.3) is 10.2 Å². The monoisotopic (exact) mass is 278 g/mol. The number of unbranched alkanes of at least 4 members (excludes halogenated alkanes) is 2. The molecule has 0 spiro atoms. The van der Waals surface area contributed by atoms with Gasteiger partial charge in [-0.05, 0) is 24.5 Å². The Labute approximate surface area is 116 Å². The van der Waals surface area contributed by atoms with Crippen molar-refractivity contribution in [1.29, 1.82) is 0 Å². The normalized spacial score (nSPS) is 10.8. The van der Waals surface area contributed by atoms with Gasteiger partial charge >= 0.3 is 0 Å². The van der Waals surface area contributed by atoms with Crippen molar-refractivity contribution in [3.63, 3.8) is 0 Å². The van der Waals surface area contributed by atoms with E-state index in [1.807, 2.05) is 6.07 Å². The molecular formula is C14H18N2O2S. The summed E-state index contributed by atoms with van der Waals surface area (Å²) < 4.78 is 6.31. The number of carbonyl (C=O) groups excluding carboxylic acids is 1. The summed E-state index contributed by atoms with van der Waals surface area (Å²) in [7, 11) is 1.61. The number of hydrogen-bond donors (Lipinski definition) is 1. The van der Waals surface area contributed by atoms with Crippen LogP contribution in [0.2, 0.25) is 0 Å². The van der Waals surface area contributed by atoms with Gasteiger partial charge in [-0.2, -0.15) is 0 Å². The molecule has 1 aromatic heterocycles. The van der Waals surface area contributed by atoms with Crippen LogP contribution >= 0.6 is 11.3 Å². The van der Waals surface area contributed by atoms with Gasteiger partial charge in [0, 0.05) is 0 Å². The molecule has 0 saturated heterocycles. The van der Waals surface area contributed by atoms with E-state index >= 15 is 0 Å². The maximum atomic E-state index is 11.3. The molecule has 1 heterocycles. The Morgan fingerprint density at radius 3 is 2.84 bits per heavy atom. The highest BCUT2D eigenvalue weighted by Crippen LogP contribution is 2.33. The van der Waals surface area contributed by atoms with Crippen LogP contribution in [0.1, 0.15) is 41.6 Å². The largest absolute Gasteiger partial charge is 0.494 e. The molecule has 0 atom stereocenters. The number of nitrogens with zero attached hydrogens (tertiary/aromatic N) is 1. The number of aryl methyl sites for hydroxylation is 1. The van der Waals surface area contributed by atoms with Gasteiger partial charge in [-0.1, -0.05) is 25.8 Å². The topological polar surface area (TPSA) is 65.2 Å². The zero-order chi connectivity index (χ0) is 13.8. The Morgan fingerprint density at radius 1 is 1.42 bits per heavy atom. The number of benzene rings is 1. The first-order valence-electron chi connectivity index (χ1n) is 6.43. The first kappa shape index (κ1) is 13.8. The van der Waals surface area contributed by atoms with Crippen molar-refractivity contribution in [3.05, 3.63) is 22.7 Å². The second-order valence-corrected chi connectivity index (χ2v) is 5.44. The lowest BCUT2D eigenvalue weighted by molar-refractivity contribution is 0.1000. The van der Waals surface area contributed by atoms with E-state index in [0.717, 1.165) is 23.1 Å². The Kier molecular flexibility index (Phi) is 4.37. The maximum absolute atomic E-state index is 11.3. The molecule has 2 aromatic rings. The van der Waals surface area contributed by atoms with Crippen LogP contribution < -0.4 is 10.5 Å². The summed E-state index contributed by atoms with van der Waals surface area (Å²) in [5.74, 6) is 0.209. The van der Waals surface area contributed by atoms with Gasteiger partial charge in [-0.3, -0.25) is 4.79 Å². The van der Waals surface area contributed by atoms with Crippen LogP contribution in [0, 0.1) is 0 Å². The number of methoxy groups -OCH3 is 1. The number of fused-ring (bicyclic) bond motifs is 1. The molecule has 0 bridgehead atoms. The van der Waals surface area contributed by atoms with Crippen LogP contribution in [0.4, 0.5) is 0 Å². The molecular weight excluding hydrogens is 260 g/mol. The van der Waals surface area contributed by atoms with Gasteiger partial charge in [-0.15, -0.1) is 11.3 Å². The smallest absolute Gasteiger partial charge is 0.277 e. The molecule has 2 N–H and O–H groups in total. The maximum Gasteiger partial charge on any atom is 0.277 e. The number of ether oxygens (including phenoxy) is 1. The average molecular weight is 278 g/mol. The SMILES string of the molecule is CCCCCc1ccc(OC)c2nc(C(N)=O)sc12. The highest BCUT2D eigenvalue weighted by atomic mass is 32.1. The molecule has 4 nitrogen and oxygen atoms in total. The van der Waals surface area contributed by atoms with Crippen molar-refractivity contribution in [3.8, 4) is 5.75 Å². The number of aromatic nitrogens is 1. The molecule has 1 amide bonds. The molecule has 5 heteroatoms. The number of amides is 1. The van der Waals surface area contributed by atoms with E-state index in [4.69, 9.17) is 10.5 Å². The predicted octanol–water partition coefficient (Wildman–Crippen LogP) is 3.14. The van der Waals surface area contributed by atoms with Crippen molar-refractivity contribution in [2.75, 3.05) is 7.11 Å². The molecule has 0 radical (unpaired) electrons. The number of nitrogens with two attached hydrogens (primary N) is 1. The lowest BCUT2D eigenvalue weighted by atomic mass is 10.1. The van der Waals surface area contributed by atoms with Crippen molar-refractivity contribution >= 4 is 27.5 Å². The number of thiazole rings is 1. The quantitative estimate of drug-likeness (QED) is 0.825. The molecule has 0 fully saturated rings. The zero-order valence-electron chi connectivity index (χ0n) is 11.2. The fourth-order valence-corrected chi connectivity index (χ4v) is 3.04. The minimum Gasteiger partial charge on any atom is -0.494 e. The summed E-state index contributed by atoms with van der Waals surface area (Å²) in [5, 5.41) is 0.344. The Bertz CT molecular complexity index is 592. The van der Waals surface area contributed by atoms with Crippen LogP contribution in [0.3, 0.4) is 0 Å². The van der Waals surface area contributed by atoms with Crippen LogP contribution in [-0.2, 0) is 6.42 Å². The summed E-state index contributed by atoms with van der Waals surface area (Å²) in [6, 6.07) is 3.97. The van der Waals surface area contributed by atoms with Gasteiger partial charge in [0.15, 0.2) is 5.01 Å². The highest BCUT2D eigenvalue weighted by molar-refractivity contribution is 7.20. The van der Waals surface area contributed by atoms with E-state index in [1.54, 1.807) is 7.11 Å². The molecule has 2 rings (SSSR count). The third kappa shape index (κ3) is 2.87. The lowest BCUT2D eigenvalue weighted by Gasteiger charge is -2.05. The molecule has 0 unspecified atom stereocenters. The summed E-state index contributed by atoms with van der Waals surface area (Å²) in [6.45, 7) is 2.18. The van der Waals surface area contributed by atoms with Crippen LogP contribution in [-0.4, -0.2) is 18.0 Å². The first-order chi connectivity index (χ1) is 9.17. The molecule has 1 aromatic carbocycles. The van der Waals surface area contributed by atoms with Crippen molar-refractivity contribution in [2.24, 2.45) is 5.73 Å². The van der Waals surface area contributed by atoms with E-state index in [9.17, 15) is 4.79 Å². The standard InChI is InChI=1S/C14H18N2O2S/c1-3-4-5-6-9-7-8-10(18-2)11-12(9)19-14(16-11)13(15)17/h7-8H,3-6H2,1-2H3,(H2,15,17). The van der Waals surface area contributed by atoms with Gasteiger partial charge in [0.25, 0.3) is 5.91 Å². The Hall–Kier alpha value is -1.62. The van der Waals surface area contributed by atoms with Gasteiger partial charge in [-0.25, -0.2) is 4.98 Å². The average Bonchev–Trinajstić information content (AvgIpc) is 2.84. The fourth-order valence-electron chi connectivity index (χ4n) is 2.07. The van der Waals surface area contributed by atoms with E-state index in [0.29, 0.717) is 10.8 Å². The van der Waals surface area contributed by atoms with Crippen LogP contribution in [0.5, 0.6) is 5.75 Å². The molecule has 19 heavy (non-hydrogen) atoms. The summed E-state index contributed by atoms with van der Waals surface area (Å²) in [6.07, 6.45) is 4.53. The second kappa shape index (κ2) is 6.02. The number of primary amides is 1. The Morgan fingerprint density at radius 2 is 2.21 bits per heavy atom. The van der Waals surface area contributed by atoms with Crippen molar-refractivity contribution in [2.45, 2.75) is 32.6 Å². The molecule has 0 aliphatic rings. The number of carbonyl (C=O) groups is 1. The van der Waals surface area contributed by atoms with E-state index < -0.39 is 5.91 Å². The molecule has 0 aliphatic carbocycles. The summed E-state index contributed by atoms with van der Waals surface area (Å²) in [5.41, 5.74) is 7.27. The van der Waals surface area contributed by atoms with E-state index in [1.165, 1.54) is 29.7 Å². The van der Waals surface area contributed by atoms with E-state index in [2.05, 4.69) is 18.0 Å². The van der Waals surface area contributed by atoms with Crippen molar-refractivity contribution in [1.82, 2.24) is 4.98 Å². The lowest BCUT2D eigenvalue weighted by Crippen LogP contribution is -2.09. The van der Waals surface area contributed by atoms with Gasteiger partial charge in [0.1, 0.15) is 11.3 Å². The Balaban J connectivity index is 2.44.